The van der Waals surface area contributed by atoms with Gasteiger partial charge in [0.25, 0.3) is 0 Å². The Kier molecular flexibility index (Phi) is 4.43. The summed E-state index contributed by atoms with van der Waals surface area (Å²) in [5, 5.41) is 2.75. The van der Waals surface area contributed by atoms with E-state index >= 15 is 0 Å². The minimum absolute atomic E-state index is 0.388. The number of amides is 1. The number of ether oxygens (including phenoxy) is 1. The van der Waals surface area contributed by atoms with E-state index in [4.69, 9.17) is 4.74 Å². The molecule has 0 spiro atoms. The van der Waals surface area contributed by atoms with Gasteiger partial charge in [-0.2, -0.15) is 0 Å². The maximum atomic E-state index is 11.4. The van der Waals surface area contributed by atoms with Crippen molar-refractivity contribution in [3.8, 4) is 0 Å². The molecule has 0 saturated carbocycles. The predicted octanol–water partition coefficient (Wildman–Crippen LogP) is 3.23. The van der Waals surface area contributed by atoms with Crippen molar-refractivity contribution in [2.75, 3.05) is 18.5 Å². The molecule has 1 aliphatic heterocycles. The Balaban J connectivity index is 2.00. The summed E-state index contributed by atoms with van der Waals surface area (Å²) in [7, 11) is 0. The third-order valence-corrected chi connectivity index (χ3v) is 3.14. The molecule has 1 aromatic carbocycles. The number of carbonyl (C=O) groups is 1. The molecule has 19 heavy (non-hydrogen) atoms. The Morgan fingerprint density at radius 1 is 1.37 bits per heavy atom. The smallest absolute Gasteiger partial charge is 0.411 e. The van der Waals surface area contributed by atoms with E-state index < -0.39 is 0 Å². The van der Waals surface area contributed by atoms with Crippen molar-refractivity contribution in [2.45, 2.75) is 33.9 Å². The maximum absolute atomic E-state index is 11.4. The molecule has 0 atom stereocenters. The lowest BCUT2D eigenvalue weighted by atomic mass is 10.1. The summed E-state index contributed by atoms with van der Waals surface area (Å²) in [6, 6.07) is 6.08. The SMILES string of the molecule is CCOC(=O)Nc1ccc2c(c1)CN(CC(C)C)C2. The van der Waals surface area contributed by atoms with Crippen LogP contribution < -0.4 is 5.32 Å². The first kappa shape index (κ1) is 13.9. The quantitative estimate of drug-likeness (QED) is 0.905. The zero-order valence-corrected chi connectivity index (χ0v) is 11.9. The molecule has 4 heteroatoms. The van der Waals surface area contributed by atoms with E-state index in [0.717, 1.165) is 25.3 Å². The van der Waals surface area contributed by atoms with Crippen molar-refractivity contribution in [3.05, 3.63) is 29.3 Å². The average Bonchev–Trinajstić information content (AvgIpc) is 2.69. The van der Waals surface area contributed by atoms with Crippen LogP contribution in [0.25, 0.3) is 0 Å². The lowest BCUT2D eigenvalue weighted by Gasteiger charge is -2.16. The van der Waals surface area contributed by atoms with Crippen LogP contribution >= 0.6 is 0 Å². The van der Waals surface area contributed by atoms with Crippen molar-refractivity contribution in [3.63, 3.8) is 0 Å². The number of fused-ring (bicyclic) bond motifs is 1. The first-order valence-electron chi connectivity index (χ1n) is 6.86. The van der Waals surface area contributed by atoms with Crippen LogP contribution in [0.3, 0.4) is 0 Å². The average molecular weight is 262 g/mol. The molecule has 2 rings (SSSR count). The molecular formula is C15H22N2O2. The van der Waals surface area contributed by atoms with Gasteiger partial charge in [-0.1, -0.05) is 19.9 Å². The molecule has 1 aromatic rings. The molecular weight excluding hydrogens is 240 g/mol. The van der Waals surface area contributed by atoms with Gasteiger partial charge in [0, 0.05) is 25.3 Å². The van der Waals surface area contributed by atoms with E-state index in [2.05, 4.69) is 30.1 Å². The maximum Gasteiger partial charge on any atom is 0.411 e. The largest absolute Gasteiger partial charge is 0.450 e. The summed E-state index contributed by atoms with van der Waals surface area (Å²) in [6.07, 6.45) is -0.389. The third-order valence-electron chi connectivity index (χ3n) is 3.14. The number of anilines is 1. The van der Waals surface area contributed by atoms with Crippen LogP contribution in [0.1, 0.15) is 31.9 Å². The number of rotatable bonds is 4. The lowest BCUT2D eigenvalue weighted by Crippen LogP contribution is -2.21. The van der Waals surface area contributed by atoms with Crippen LogP contribution in [-0.4, -0.2) is 24.1 Å². The Labute approximate surface area is 114 Å². The van der Waals surface area contributed by atoms with Crippen LogP contribution in [-0.2, 0) is 17.8 Å². The molecule has 1 N–H and O–H groups in total. The standard InChI is InChI=1S/C15H22N2O2/c1-4-19-15(18)16-14-6-5-12-9-17(8-11(2)3)10-13(12)7-14/h5-7,11H,4,8-10H2,1-3H3,(H,16,18). The molecule has 0 fully saturated rings. The first-order chi connectivity index (χ1) is 9.08. The van der Waals surface area contributed by atoms with Gasteiger partial charge in [0.1, 0.15) is 0 Å². The molecule has 1 aliphatic rings. The number of benzene rings is 1. The van der Waals surface area contributed by atoms with Crippen molar-refractivity contribution in [2.24, 2.45) is 5.92 Å². The second kappa shape index (κ2) is 6.06. The van der Waals surface area contributed by atoms with Crippen molar-refractivity contribution < 1.29 is 9.53 Å². The Bertz CT molecular complexity index is 457. The fourth-order valence-electron chi connectivity index (χ4n) is 2.47. The zero-order valence-electron chi connectivity index (χ0n) is 11.9. The molecule has 0 bridgehead atoms. The topological polar surface area (TPSA) is 41.6 Å². The van der Waals surface area contributed by atoms with E-state index in [1.807, 2.05) is 12.1 Å². The van der Waals surface area contributed by atoms with Crippen LogP contribution in [0.4, 0.5) is 10.5 Å². The van der Waals surface area contributed by atoms with Crippen molar-refractivity contribution in [1.82, 2.24) is 4.90 Å². The van der Waals surface area contributed by atoms with Gasteiger partial charge in [-0.15, -0.1) is 0 Å². The third kappa shape index (κ3) is 3.70. The number of carbonyl (C=O) groups excluding carboxylic acids is 1. The van der Waals surface area contributed by atoms with E-state index in [9.17, 15) is 4.79 Å². The first-order valence-corrected chi connectivity index (χ1v) is 6.86. The number of hydrogen-bond acceptors (Lipinski definition) is 3. The normalized spacial score (nSPS) is 14.5. The monoisotopic (exact) mass is 262 g/mol. The van der Waals surface area contributed by atoms with Crippen molar-refractivity contribution in [1.29, 1.82) is 0 Å². The summed E-state index contributed by atoms with van der Waals surface area (Å²) < 4.78 is 4.88. The molecule has 0 radical (unpaired) electrons. The van der Waals surface area contributed by atoms with Gasteiger partial charge in [0.2, 0.25) is 0 Å². The second-order valence-electron chi connectivity index (χ2n) is 5.39. The van der Waals surface area contributed by atoms with Crippen LogP contribution in [0, 0.1) is 5.92 Å². The molecule has 104 valence electrons. The van der Waals surface area contributed by atoms with Gasteiger partial charge >= 0.3 is 6.09 Å². The molecule has 0 saturated heterocycles. The van der Waals surface area contributed by atoms with Crippen LogP contribution in [0.5, 0.6) is 0 Å². The van der Waals surface area contributed by atoms with Gasteiger partial charge < -0.3 is 4.74 Å². The summed E-state index contributed by atoms with van der Waals surface area (Å²) in [6.45, 7) is 9.73. The highest BCUT2D eigenvalue weighted by Gasteiger charge is 2.19. The highest BCUT2D eigenvalue weighted by molar-refractivity contribution is 5.84. The van der Waals surface area contributed by atoms with Gasteiger partial charge in [-0.3, -0.25) is 10.2 Å². The Morgan fingerprint density at radius 2 is 2.11 bits per heavy atom. The minimum Gasteiger partial charge on any atom is -0.450 e. The Morgan fingerprint density at radius 3 is 2.79 bits per heavy atom. The summed E-state index contributed by atoms with van der Waals surface area (Å²) in [5.41, 5.74) is 3.47. The molecule has 4 nitrogen and oxygen atoms in total. The zero-order chi connectivity index (χ0) is 13.8. The fourth-order valence-corrected chi connectivity index (χ4v) is 2.47. The van der Waals surface area contributed by atoms with E-state index in [1.54, 1.807) is 6.92 Å². The van der Waals surface area contributed by atoms with E-state index in [-0.39, 0.29) is 6.09 Å². The predicted molar refractivity (Wildman–Crippen MR) is 76.0 cm³/mol. The summed E-state index contributed by atoms with van der Waals surface area (Å²) in [5.74, 6) is 0.673. The van der Waals surface area contributed by atoms with E-state index in [0.29, 0.717) is 12.5 Å². The van der Waals surface area contributed by atoms with Gasteiger partial charge in [0.15, 0.2) is 0 Å². The number of nitrogens with zero attached hydrogens (tertiary/aromatic N) is 1. The van der Waals surface area contributed by atoms with Gasteiger partial charge in [0.05, 0.1) is 6.61 Å². The van der Waals surface area contributed by atoms with Gasteiger partial charge in [-0.05, 0) is 36.1 Å². The molecule has 0 unspecified atom stereocenters. The number of nitrogens with one attached hydrogen (secondary N) is 1. The fraction of sp³-hybridized carbons (Fsp3) is 0.533. The van der Waals surface area contributed by atoms with Crippen molar-refractivity contribution >= 4 is 11.8 Å². The van der Waals surface area contributed by atoms with Gasteiger partial charge in [-0.25, -0.2) is 4.79 Å². The highest BCUT2D eigenvalue weighted by atomic mass is 16.5. The minimum atomic E-state index is -0.389. The Hall–Kier alpha value is -1.55. The molecule has 0 aliphatic carbocycles. The van der Waals surface area contributed by atoms with Crippen LogP contribution in [0.2, 0.25) is 0 Å². The molecule has 0 aromatic heterocycles. The summed E-state index contributed by atoms with van der Waals surface area (Å²) >= 11 is 0. The lowest BCUT2D eigenvalue weighted by molar-refractivity contribution is 0.168. The second-order valence-corrected chi connectivity index (χ2v) is 5.39. The molecule has 1 amide bonds. The summed E-state index contributed by atoms with van der Waals surface area (Å²) in [4.78, 5) is 13.8. The highest BCUT2D eigenvalue weighted by Crippen LogP contribution is 2.26. The molecule has 1 heterocycles. The van der Waals surface area contributed by atoms with Crippen LogP contribution in [0.15, 0.2) is 18.2 Å². The van der Waals surface area contributed by atoms with E-state index in [1.165, 1.54) is 11.1 Å². The number of hydrogen-bond donors (Lipinski definition) is 1.